The van der Waals surface area contributed by atoms with Crippen LogP contribution in [0, 0.1) is 0 Å². The summed E-state index contributed by atoms with van der Waals surface area (Å²) >= 11 is 0. The number of carbonyl (C=O) groups excluding carboxylic acids is 2. The Hall–Kier alpha value is -2.16. The highest BCUT2D eigenvalue weighted by molar-refractivity contribution is 6.19. The fourth-order valence-electron chi connectivity index (χ4n) is 1.70. The highest BCUT2D eigenvalue weighted by atomic mass is 16.5. The van der Waals surface area contributed by atoms with Gasteiger partial charge in [0.15, 0.2) is 11.5 Å². The molecule has 0 amide bonds. The molecule has 0 spiro atoms. The summed E-state index contributed by atoms with van der Waals surface area (Å²) in [6.07, 6.45) is 3.08. The highest BCUT2D eigenvalue weighted by Crippen LogP contribution is 2.16. The first-order valence-electron chi connectivity index (χ1n) is 5.29. The molecule has 0 radical (unpaired) electrons. The van der Waals surface area contributed by atoms with Gasteiger partial charge in [-0.3, -0.25) is 9.59 Å². The van der Waals surface area contributed by atoms with E-state index in [-0.39, 0.29) is 17.3 Å². The number of rotatable bonds is 3. The first-order valence-corrected chi connectivity index (χ1v) is 5.29. The van der Waals surface area contributed by atoms with Crippen LogP contribution in [0.25, 0.3) is 0 Å². The molecule has 0 fully saturated rings. The maximum atomic E-state index is 11.7. The third kappa shape index (κ3) is 2.50. The lowest BCUT2D eigenvalue weighted by Gasteiger charge is -2.11. The Balaban J connectivity index is 2.19. The zero-order valence-corrected chi connectivity index (χ0v) is 9.47. The Kier molecular flexibility index (Phi) is 3.19. The minimum atomic E-state index is -0.252. The van der Waals surface area contributed by atoms with Gasteiger partial charge >= 0.3 is 0 Å². The summed E-state index contributed by atoms with van der Waals surface area (Å²) in [5, 5.41) is 0. The molecule has 0 saturated heterocycles. The van der Waals surface area contributed by atoms with E-state index in [4.69, 9.17) is 4.74 Å². The molecule has 1 aliphatic rings. The molecule has 0 unspecified atom stereocenters. The fourth-order valence-corrected chi connectivity index (χ4v) is 1.70. The van der Waals surface area contributed by atoms with Crippen molar-refractivity contribution >= 4 is 11.6 Å². The van der Waals surface area contributed by atoms with E-state index in [0.29, 0.717) is 12.0 Å². The molecule has 0 bridgehead atoms. The molecule has 0 aliphatic heterocycles. The predicted molar refractivity (Wildman–Crippen MR) is 63.3 cm³/mol. The average Bonchev–Trinajstić information content (AvgIpc) is 2.34. The molecule has 0 heterocycles. The van der Waals surface area contributed by atoms with Crippen molar-refractivity contribution < 1.29 is 14.3 Å². The summed E-state index contributed by atoms with van der Waals surface area (Å²) < 4.78 is 4.82. The maximum absolute atomic E-state index is 11.7. The SMILES string of the molecule is COC1=CC(=O)C(Cc2ccccc2)=CC1=O. The Morgan fingerprint density at radius 2 is 1.71 bits per heavy atom. The van der Waals surface area contributed by atoms with Gasteiger partial charge in [-0.1, -0.05) is 30.3 Å². The Morgan fingerprint density at radius 3 is 2.35 bits per heavy atom. The minimum absolute atomic E-state index is 0.104. The molecule has 0 atom stereocenters. The summed E-state index contributed by atoms with van der Waals surface area (Å²) in [4.78, 5) is 23.3. The quantitative estimate of drug-likeness (QED) is 0.741. The molecule has 1 aromatic carbocycles. The largest absolute Gasteiger partial charge is 0.493 e. The molecule has 17 heavy (non-hydrogen) atoms. The molecule has 86 valence electrons. The van der Waals surface area contributed by atoms with Crippen LogP contribution < -0.4 is 0 Å². The third-order valence-electron chi connectivity index (χ3n) is 2.58. The van der Waals surface area contributed by atoms with Gasteiger partial charge in [0.25, 0.3) is 0 Å². The maximum Gasteiger partial charge on any atom is 0.220 e. The van der Waals surface area contributed by atoms with Crippen molar-refractivity contribution in [3.63, 3.8) is 0 Å². The van der Waals surface area contributed by atoms with E-state index in [1.54, 1.807) is 0 Å². The number of hydrogen-bond donors (Lipinski definition) is 0. The third-order valence-corrected chi connectivity index (χ3v) is 2.58. The van der Waals surface area contributed by atoms with Crippen molar-refractivity contribution in [2.45, 2.75) is 6.42 Å². The smallest absolute Gasteiger partial charge is 0.220 e. The summed E-state index contributed by atoms with van der Waals surface area (Å²) in [5.41, 5.74) is 1.51. The van der Waals surface area contributed by atoms with Crippen molar-refractivity contribution in [1.29, 1.82) is 0 Å². The normalized spacial score (nSPS) is 15.4. The van der Waals surface area contributed by atoms with Crippen LogP contribution in [0.5, 0.6) is 0 Å². The first kappa shape index (κ1) is 11.3. The van der Waals surface area contributed by atoms with Crippen LogP contribution in [0.2, 0.25) is 0 Å². The van der Waals surface area contributed by atoms with Crippen molar-refractivity contribution in [3.05, 3.63) is 59.4 Å². The van der Waals surface area contributed by atoms with Crippen LogP contribution in [0.3, 0.4) is 0 Å². The number of hydrogen-bond acceptors (Lipinski definition) is 3. The zero-order valence-electron chi connectivity index (χ0n) is 9.47. The van der Waals surface area contributed by atoms with E-state index in [9.17, 15) is 9.59 Å². The fraction of sp³-hybridized carbons (Fsp3) is 0.143. The Bertz CT molecular complexity index is 510. The lowest BCUT2D eigenvalue weighted by molar-refractivity contribution is -0.117. The summed E-state index contributed by atoms with van der Waals surface area (Å²) in [6.45, 7) is 0. The van der Waals surface area contributed by atoms with Crippen molar-refractivity contribution in [3.8, 4) is 0 Å². The summed E-state index contributed by atoms with van der Waals surface area (Å²) in [6, 6.07) is 9.57. The van der Waals surface area contributed by atoms with E-state index >= 15 is 0 Å². The van der Waals surface area contributed by atoms with Crippen LogP contribution in [0.15, 0.2) is 53.8 Å². The second-order valence-electron chi connectivity index (χ2n) is 3.77. The highest BCUT2D eigenvalue weighted by Gasteiger charge is 2.20. The molecule has 1 aliphatic carbocycles. The van der Waals surface area contributed by atoms with E-state index in [1.165, 1.54) is 19.3 Å². The molecule has 0 N–H and O–H groups in total. The standard InChI is InChI=1S/C14H12O3/c1-17-14-9-12(15)11(8-13(14)16)7-10-5-3-2-4-6-10/h2-6,8-9H,7H2,1H3. The van der Waals surface area contributed by atoms with E-state index in [0.717, 1.165) is 5.56 Å². The van der Waals surface area contributed by atoms with Gasteiger partial charge in [-0.15, -0.1) is 0 Å². The van der Waals surface area contributed by atoms with E-state index in [1.807, 2.05) is 30.3 Å². The molecule has 3 nitrogen and oxygen atoms in total. The second kappa shape index (κ2) is 4.78. The van der Waals surface area contributed by atoms with Crippen LogP contribution in [0.4, 0.5) is 0 Å². The lowest BCUT2D eigenvalue weighted by Crippen LogP contribution is -2.15. The van der Waals surface area contributed by atoms with Crippen molar-refractivity contribution in [1.82, 2.24) is 0 Å². The number of ether oxygens (including phenoxy) is 1. The first-order chi connectivity index (χ1) is 8.20. The van der Waals surface area contributed by atoms with Crippen LogP contribution >= 0.6 is 0 Å². The van der Waals surface area contributed by atoms with Gasteiger partial charge in [0, 0.05) is 18.1 Å². The number of ketones is 2. The number of methoxy groups -OCH3 is 1. The molecule has 0 saturated carbocycles. The van der Waals surface area contributed by atoms with Gasteiger partial charge in [-0.2, -0.15) is 0 Å². The Morgan fingerprint density at radius 1 is 1.00 bits per heavy atom. The van der Waals surface area contributed by atoms with Crippen molar-refractivity contribution in [2.24, 2.45) is 0 Å². The van der Waals surface area contributed by atoms with Gasteiger partial charge in [-0.05, 0) is 11.6 Å². The predicted octanol–water partition coefficient (Wildman–Crippen LogP) is 1.84. The minimum Gasteiger partial charge on any atom is -0.493 e. The molecule has 1 aromatic rings. The lowest BCUT2D eigenvalue weighted by atomic mass is 9.96. The monoisotopic (exact) mass is 228 g/mol. The van der Waals surface area contributed by atoms with Gasteiger partial charge < -0.3 is 4.74 Å². The number of carbonyl (C=O) groups is 2. The van der Waals surface area contributed by atoms with Gasteiger partial charge in [0.05, 0.1) is 7.11 Å². The van der Waals surface area contributed by atoms with E-state index < -0.39 is 0 Å². The molecular weight excluding hydrogens is 216 g/mol. The zero-order chi connectivity index (χ0) is 12.3. The van der Waals surface area contributed by atoms with Gasteiger partial charge in [0.2, 0.25) is 5.78 Å². The molecule has 3 heteroatoms. The van der Waals surface area contributed by atoms with E-state index in [2.05, 4.69) is 0 Å². The van der Waals surface area contributed by atoms with Gasteiger partial charge in [-0.25, -0.2) is 0 Å². The topological polar surface area (TPSA) is 43.4 Å². The molecule has 2 rings (SSSR count). The van der Waals surface area contributed by atoms with Crippen molar-refractivity contribution in [2.75, 3.05) is 7.11 Å². The molecule has 0 aromatic heterocycles. The molecular formula is C14H12O3. The number of allylic oxidation sites excluding steroid dienone is 3. The van der Waals surface area contributed by atoms with Gasteiger partial charge in [0.1, 0.15) is 0 Å². The van der Waals surface area contributed by atoms with Crippen LogP contribution in [-0.4, -0.2) is 18.7 Å². The Labute approximate surface area is 99.4 Å². The average molecular weight is 228 g/mol. The summed E-state index contributed by atoms with van der Waals surface area (Å²) in [5.74, 6) is -0.310. The number of benzene rings is 1. The summed E-state index contributed by atoms with van der Waals surface area (Å²) in [7, 11) is 1.38. The van der Waals surface area contributed by atoms with Crippen LogP contribution in [0.1, 0.15) is 5.56 Å². The van der Waals surface area contributed by atoms with Crippen LogP contribution in [-0.2, 0) is 20.7 Å². The second-order valence-corrected chi connectivity index (χ2v) is 3.77.